The molecule has 0 atom stereocenters. The van der Waals surface area contributed by atoms with Crippen molar-refractivity contribution in [3.63, 3.8) is 0 Å². The maximum Gasteiger partial charge on any atom is 0.339 e. The van der Waals surface area contributed by atoms with E-state index in [4.69, 9.17) is 8.83 Å². The highest BCUT2D eigenvalue weighted by atomic mass is 16.4. The van der Waals surface area contributed by atoms with Crippen molar-refractivity contribution < 1.29 is 28.6 Å². The molecular weight excluding hydrogens is 264 g/mol. The molecule has 0 aromatic carbocycles. The highest BCUT2D eigenvalue weighted by Crippen LogP contribution is 2.39. The van der Waals surface area contributed by atoms with Gasteiger partial charge in [0.15, 0.2) is 0 Å². The molecule has 6 nitrogen and oxygen atoms in total. The van der Waals surface area contributed by atoms with Crippen LogP contribution in [0.5, 0.6) is 0 Å². The van der Waals surface area contributed by atoms with Crippen molar-refractivity contribution in [3.05, 3.63) is 34.2 Å². The van der Waals surface area contributed by atoms with Crippen LogP contribution >= 0.6 is 0 Å². The van der Waals surface area contributed by atoms with E-state index in [0.29, 0.717) is 11.5 Å². The molecule has 106 valence electrons. The summed E-state index contributed by atoms with van der Waals surface area (Å²) in [6, 6.07) is 0. The Balaban J connectivity index is 2.89. The monoisotopic (exact) mass is 278 g/mol. The van der Waals surface area contributed by atoms with E-state index < -0.39 is 11.9 Å². The van der Waals surface area contributed by atoms with E-state index in [0.717, 1.165) is 0 Å². The minimum absolute atomic E-state index is 0.0334. The average Bonchev–Trinajstić information content (AvgIpc) is 2.74. The second-order valence-electron chi connectivity index (χ2n) is 4.54. The van der Waals surface area contributed by atoms with Crippen LogP contribution < -0.4 is 0 Å². The summed E-state index contributed by atoms with van der Waals surface area (Å²) in [6.45, 7) is 6.26. The van der Waals surface area contributed by atoms with Gasteiger partial charge >= 0.3 is 11.9 Å². The summed E-state index contributed by atoms with van der Waals surface area (Å²) in [6.07, 6.45) is 0. The van der Waals surface area contributed by atoms with Gasteiger partial charge in [-0.1, -0.05) is 0 Å². The highest BCUT2D eigenvalue weighted by molar-refractivity contribution is 6.04. The maximum absolute atomic E-state index is 11.4. The van der Waals surface area contributed by atoms with Crippen molar-refractivity contribution in [3.8, 4) is 11.1 Å². The fraction of sp³-hybridized carbons (Fsp3) is 0.286. The van der Waals surface area contributed by atoms with Crippen LogP contribution in [0.25, 0.3) is 11.1 Å². The highest BCUT2D eigenvalue weighted by Gasteiger charge is 2.30. The zero-order valence-corrected chi connectivity index (χ0v) is 11.5. The largest absolute Gasteiger partial charge is 0.478 e. The molecule has 2 N–H and O–H groups in total. The van der Waals surface area contributed by atoms with Gasteiger partial charge in [0, 0.05) is 11.1 Å². The second kappa shape index (κ2) is 4.56. The van der Waals surface area contributed by atoms with Gasteiger partial charge < -0.3 is 19.0 Å². The van der Waals surface area contributed by atoms with Crippen LogP contribution in [0.1, 0.15) is 43.8 Å². The molecule has 6 heteroatoms. The van der Waals surface area contributed by atoms with Crippen LogP contribution in [0.2, 0.25) is 0 Å². The van der Waals surface area contributed by atoms with Gasteiger partial charge in [-0.25, -0.2) is 9.59 Å². The Morgan fingerprint density at radius 2 is 1.00 bits per heavy atom. The van der Waals surface area contributed by atoms with Crippen molar-refractivity contribution >= 4 is 11.9 Å². The lowest BCUT2D eigenvalue weighted by atomic mass is 9.96. The topological polar surface area (TPSA) is 101 Å². The quantitative estimate of drug-likeness (QED) is 0.894. The molecule has 2 aromatic heterocycles. The van der Waals surface area contributed by atoms with Crippen LogP contribution in [0.3, 0.4) is 0 Å². The molecule has 0 aliphatic carbocycles. The molecule has 0 spiro atoms. The summed E-state index contributed by atoms with van der Waals surface area (Å²) >= 11 is 0. The van der Waals surface area contributed by atoms with Crippen molar-refractivity contribution in [1.82, 2.24) is 0 Å². The Morgan fingerprint density at radius 1 is 0.700 bits per heavy atom. The van der Waals surface area contributed by atoms with Crippen LogP contribution in [-0.4, -0.2) is 22.2 Å². The van der Waals surface area contributed by atoms with Gasteiger partial charge in [0.1, 0.15) is 34.2 Å². The lowest BCUT2D eigenvalue weighted by Crippen LogP contribution is -2.03. The number of rotatable bonds is 3. The van der Waals surface area contributed by atoms with Crippen molar-refractivity contribution in [2.75, 3.05) is 0 Å². The van der Waals surface area contributed by atoms with Gasteiger partial charge in [0.2, 0.25) is 0 Å². The van der Waals surface area contributed by atoms with Crippen LogP contribution in [-0.2, 0) is 0 Å². The summed E-state index contributed by atoms with van der Waals surface area (Å²) in [5.74, 6) is -1.15. The van der Waals surface area contributed by atoms with Crippen molar-refractivity contribution in [2.24, 2.45) is 0 Å². The molecule has 0 unspecified atom stereocenters. The minimum atomic E-state index is -1.16. The third-order valence-electron chi connectivity index (χ3n) is 3.20. The third kappa shape index (κ3) is 1.89. The van der Waals surface area contributed by atoms with Crippen molar-refractivity contribution in [2.45, 2.75) is 27.7 Å². The van der Waals surface area contributed by atoms with E-state index in [1.54, 1.807) is 13.8 Å². The van der Waals surface area contributed by atoms with Crippen LogP contribution in [0.15, 0.2) is 8.83 Å². The van der Waals surface area contributed by atoms with E-state index >= 15 is 0 Å². The summed E-state index contributed by atoms with van der Waals surface area (Å²) < 4.78 is 10.7. The molecule has 0 saturated heterocycles. The van der Waals surface area contributed by atoms with Crippen molar-refractivity contribution in [1.29, 1.82) is 0 Å². The number of hydrogen-bond acceptors (Lipinski definition) is 4. The van der Waals surface area contributed by atoms with E-state index in [-0.39, 0.29) is 33.8 Å². The fourth-order valence-corrected chi connectivity index (χ4v) is 2.48. The molecule has 0 radical (unpaired) electrons. The standard InChI is InChI=1S/C14H14O6/c1-5-9(11(13(15)16)7(3)19-5)10-6(2)20-8(4)12(10)14(17)18/h1-4H3,(H,15,16)(H,17,18). The van der Waals surface area contributed by atoms with Gasteiger partial charge in [0.25, 0.3) is 0 Å². The molecule has 0 fully saturated rings. The van der Waals surface area contributed by atoms with Gasteiger partial charge in [-0.05, 0) is 27.7 Å². The number of hydrogen-bond donors (Lipinski definition) is 2. The molecule has 2 heterocycles. The first-order valence-corrected chi connectivity index (χ1v) is 5.92. The average molecular weight is 278 g/mol. The van der Waals surface area contributed by atoms with Gasteiger partial charge in [-0.3, -0.25) is 0 Å². The number of carboxylic acid groups (broad SMARTS) is 2. The fourth-order valence-electron chi connectivity index (χ4n) is 2.48. The number of carbonyl (C=O) groups is 2. The maximum atomic E-state index is 11.4. The Bertz CT molecular complexity index is 654. The number of carboxylic acids is 2. The summed E-state index contributed by atoms with van der Waals surface area (Å²) in [5, 5.41) is 18.6. The zero-order valence-electron chi connectivity index (χ0n) is 11.5. The van der Waals surface area contributed by atoms with Gasteiger partial charge in [-0.2, -0.15) is 0 Å². The van der Waals surface area contributed by atoms with Gasteiger partial charge in [-0.15, -0.1) is 0 Å². The molecule has 0 aliphatic rings. The molecule has 2 aromatic rings. The Kier molecular flexibility index (Phi) is 3.17. The SMILES string of the molecule is Cc1oc(C)c(-c2c(C)oc(C)c2C(=O)O)c1C(=O)O. The van der Waals surface area contributed by atoms with E-state index in [2.05, 4.69) is 0 Å². The van der Waals surface area contributed by atoms with Gasteiger partial charge in [0.05, 0.1) is 0 Å². The number of aromatic carboxylic acids is 2. The summed E-state index contributed by atoms with van der Waals surface area (Å²) in [5.41, 5.74) is 0.464. The minimum Gasteiger partial charge on any atom is -0.478 e. The van der Waals surface area contributed by atoms with E-state index in [9.17, 15) is 19.8 Å². The number of furan rings is 2. The zero-order chi connectivity index (χ0) is 15.2. The first kappa shape index (κ1) is 13.9. The first-order chi connectivity index (χ1) is 9.25. The summed E-state index contributed by atoms with van der Waals surface area (Å²) in [7, 11) is 0. The Hall–Kier alpha value is -2.50. The molecule has 2 rings (SSSR count). The first-order valence-electron chi connectivity index (χ1n) is 5.92. The van der Waals surface area contributed by atoms with E-state index in [1.807, 2.05) is 0 Å². The predicted octanol–water partition coefficient (Wildman–Crippen LogP) is 3.17. The predicted molar refractivity (Wildman–Crippen MR) is 69.3 cm³/mol. The number of aryl methyl sites for hydroxylation is 4. The second-order valence-corrected chi connectivity index (χ2v) is 4.54. The smallest absolute Gasteiger partial charge is 0.339 e. The summed E-state index contributed by atoms with van der Waals surface area (Å²) in [4.78, 5) is 22.8. The normalized spacial score (nSPS) is 10.8. The molecule has 0 amide bonds. The molecule has 0 saturated carbocycles. The lowest BCUT2D eigenvalue weighted by Gasteiger charge is -2.02. The molecule has 20 heavy (non-hydrogen) atoms. The van der Waals surface area contributed by atoms with E-state index in [1.165, 1.54) is 13.8 Å². The lowest BCUT2D eigenvalue weighted by molar-refractivity contribution is 0.0682. The van der Waals surface area contributed by atoms with Crippen LogP contribution in [0.4, 0.5) is 0 Å². The molecular formula is C14H14O6. The third-order valence-corrected chi connectivity index (χ3v) is 3.20. The Labute approximate surface area is 114 Å². The van der Waals surface area contributed by atoms with Crippen LogP contribution in [0, 0.1) is 27.7 Å². The Morgan fingerprint density at radius 3 is 1.25 bits per heavy atom. The molecule has 0 bridgehead atoms. The molecule has 0 aliphatic heterocycles.